The van der Waals surface area contributed by atoms with E-state index < -0.39 is 32.5 Å². The number of rotatable bonds is 8. The first kappa shape index (κ1) is 22.2. The molecule has 0 aliphatic rings. The molecule has 29 heavy (non-hydrogen) atoms. The molecule has 1 amide bonds. The van der Waals surface area contributed by atoms with Gasteiger partial charge in [0.25, 0.3) is 5.69 Å². The summed E-state index contributed by atoms with van der Waals surface area (Å²) in [4.78, 5) is 22.4. The van der Waals surface area contributed by atoms with Crippen molar-refractivity contribution in [2.45, 2.75) is 19.8 Å². The summed E-state index contributed by atoms with van der Waals surface area (Å²) < 4.78 is 51.5. The predicted molar refractivity (Wildman–Crippen MR) is 104 cm³/mol. The molecule has 0 bridgehead atoms. The highest BCUT2D eigenvalue weighted by molar-refractivity contribution is 7.92. The molecule has 0 aliphatic carbocycles. The van der Waals surface area contributed by atoms with Gasteiger partial charge in [-0.25, -0.2) is 17.2 Å². The number of halogens is 2. The molecule has 0 unspecified atom stereocenters. The highest BCUT2D eigenvalue weighted by atomic mass is 32.2. The second-order valence-corrected chi connectivity index (χ2v) is 8.25. The summed E-state index contributed by atoms with van der Waals surface area (Å²) in [6.45, 7) is 1.53. The molecule has 0 atom stereocenters. The molecule has 0 saturated heterocycles. The normalized spacial score (nSPS) is 11.2. The maximum absolute atomic E-state index is 13.2. The number of nitrogens with zero attached hydrogens (tertiary/aromatic N) is 2. The zero-order valence-corrected chi connectivity index (χ0v) is 16.5. The van der Waals surface area contributed by atoms with Crippen LogP contribution in [0.5, 0.6) is 0 Å². The number of carbonyl (C=O) groups excluding carboxylic acids is 1. The minimum Gasteiger partial charge on any atom is -0.326 e. The van der Waals surface area contributed by atoms with Gasteiger partial charge in [0.05, 0.1) is 16.9 Å². The smallest absolute Gasteiger partial charge is 0.271 e. The van der Waals surface area contributed by atoms with Crippen LogP contribution in [0.3, 0.4) is 0 Å². The lowest BCUT2D eigenvalue weighted by atomic mass is 10.1. The van der Waals surface area contributed by atoms with Crippen LogP contribution in [0.2, 0.25) is 0 Å². The SMILES string of the molecule is Cc1ccc([N+](=O)[O-])cc1N(CCCC(=O)Nc1ccc(F)c(F)c1)S(C)(=O)=O. The van der Waals surface area contributed by atoms with E-state index in [4.69, 9.17) is 0 Å². The van der Waals surface area contributed by atoms with Gasteiger partial charge in [0, 0.05) is 36.9 Å². The highest BCUT2D eigenvalue weighted by Crippen LogP contribution is 2.27. The number of hydrogen-bond acceptors (Lipinski definition) is 5. The third-order valence-electron chi connectivity index (χ3n) is 4.04. The van der Waals surface area contributed by atoms with Crippen molar-refractivity contribution in [3.05, 3.63) is 63.7 Å². The Morgan fingerprint density at radius 2 is 1.86 bits per heavy atom. The Balaban J connectivity index is 2.08. The third kappa shape index (κ3) is 5.95. The van der Waals surface area contributed by atoms with E-state index in [0.29, 0.717) is 5.56 Å². The first-order valence-electron chi connectivity index (χ1n) is 8.46. The average molecular weight is 427 g/mol. The maximum Gasteiger partial charge on any atom is 0.271 e. The van der Waals surface area contributed by atoms with E-state index in [9.17, 15) is 32.1 Å². The van der Waals surface area contributed by atoms with E-state index in [-0.39, 0.29) is 36.4 Å². The number of anilines is 2. The molecular formula is C18H19F2N3O5S. The van der Waals surface area contributed by atoms with Crippen molar-refractivity contribution in [1.82, 2.24) is 0 Å². The molecule has 2 aromatic carbocycles. The minimum atomic E-state index is -3.76. The number of hydrogen-bond donors (Lipinski definition) is 1. The van der Waals surface area contributed by atoms with E-state index in [1.165, 1.54) is 18.2 Å². The van der Waals surface area contributed by atoms with E-state index in [1.54, 1.807) is 6.92 Å². The Morgan fingerprint density at radius 1 is 1.17 bits per heavy atom. The van der Waals surface area contributed by atoms with Gasteiger partial charge in [-0.1, -0.05) is 6.07 Å². The van der Waals surface area contributed by atoms with Crippen LogP contribution >= 0.6 is 0 Å². The Kier molecular flexibility index (Phi) is 6.85. The molecule has 8 nitrogen and oxygen atoms in total. The fourth-order valence-electron chi connectivity index (χ4n) is 2.63. The summed E-state index contributed by atoms with van der Waals surface area (Å²) in [6.07, 6.45) is 0.969. The van der Waals surface area contributed by atoms with Crippen LogP contribution in [0.25, 0.3) is 0 Å². The van der Waals surface area contributed by atoms with Crippen molar-refractivity contribution in [3.8, 4) is 0 Å². The lowest BCUT2D eigenvalue weighted by Crippen LogP contribution is -2.32. The molecule has 0 saturated carbocycles. The van der Waals surface area contributed by atoms with Gasteiger partial charge in [-0.15, -0.1) is 0 Å². The summed E-state index contributed by atoms with van der Waals surface area (Å²) in [5.41, 5.74) is 0.494. The first-order valence-corrected chi connectivity index (χ1v) is 10.3. The zero-order chi connectivity index (χ0) is 21.8. The van der Waals surface area contributed by atoms with Gasteiger partial charge in [-0.3, -0.25) is 19.2 Å². The number of amides is 1. The number of nitrogens with one attached hydrogen (secondary N) is 1. The molecule has 0 aliphatic heterocycles. The maximum atomic E-state index is 13.2. The summed E-state index contributed by atoms with van der Waals surface area (Å²) in [5.74, 6) is -2.66. The highest BCUT2D eigenvalue weighted by Gasteiger charge is 2.22. The molecule has 2 aromatic rings. The van der Waals surface area contributed by atoms with Crippen LogP contribution in [-0.2, 0) is 14.8 Å². The van der Waals surface area contributed by atoms with Gasteiger partial charge >= 0.3 is 0 Å². The van der Waals surface area contributed by atoms with Crippen LogP contribution in [0.15, 0.2) is 36.4 Å². The second kappa shape index (κ2) is 8.95. The molecule has 2 rings (SSSR count). The van der Waals surface area contributed by atoms with Gasteiger partial charge in [-0.2, -0.15) is 0 Å². The number of carbonyl (C=O) groups is 1. The minimum absolute atomic E-state index is 0.0726. The summed E-state index contributed by atoms with van der Waals surface area (Å²) in [6, 6.07) is 6.79. The summed E-state index contributed by atoms with van der Waals surface area (Å²) in [7, 11) is -3.76. The van der Waals surface area contributed by atoms with Crippen molar-refractivity contribution in [2.24, 2.45) is 0 Å². The lowest BCUT2D eigenvalue weighted by molar-refractivity contribution is -0.384. The number of nitro benzene ring substituents is 1. The second-order valence-electron chi connectivity index (χ2n) is 6.34. The lowest BCUT2D eigenvalue weighted by Gasteiger charge is -2.24. The number of nitro groups is 1. The van der Waals surface area contributed by atoms with Crippen molar-refractivity contribution in [3.63, 3.8) is 0 Å². The summed E-state index contributed by atoms with van der Waals surface area (Å²) in [5, 5.41) is 13.4. The number of aryl methyl sites for hydroxylation is 1. The Bertz CT molecular complexity index is 1040. The third-order valence-corrected chi connectivity index (χ3v) is 5.22. The fraction of sp³-hybridized carbons (Fsp3) is 0.278. The van der Waals surface area contributed by atoms with E-state index in [0.717, 1.165) is 28.8 Å². The van der Waals surface area contributed by atoms with E-state index in [1.807, 2.05) is 0 Å². The fourth-order valence-corrected chi connectivity index (χ4v) is 3.64. The zero-order valence-electron chi connectivity index (χ0n) is 15.7. The summed E-state index contributed by atoms with van der Waals surface area (Å²) >= 11 is 0. The number of non-ortho nitro benzene ring substituents is 1. The molecule has 11 heteroatoms. The van der Waals surface area contributed by atoms with Crippen LogP contribution in [0.1, 0.15) is 18.4 Å². The molecule has 0 radical (unpaired) electrons. The first-order chi connectivity index (χ1) is 13.5. The predicted octanol–water partition coefficient (Wildman–Crippen LogP) is 3.37. The Hall–Kier alpha value is -3.08. The quantitative estimate of drug-likeness (QED) is 0.513. The monoisotopic (exact) mass is 427 g/mol. The number of sulfonamides is 1. The average Bonchev–Trinajstić information content (AvgIpc) is 2.61. The van der Waals surface area contributed by atoms with E-state index >= 15 is 0 Å². The molecular weight excluding hydrogens is 408 g/mol. The van der Waals surface area contributed by atoms with Crippen LogP contribution < -0.4 is 9.62 Å². The molecule has 0 aromatic heterocycles. The molecule has 156 valence electrons. The van der Waals surface area contributed by atoms with Crippen LogP contribution in [-0.4, -0.2) is 32.0 Å². The topological polar surface area (TPSA) is 110 Å². The van der Waals surface area contributed by atoms with Crippen molar-refractivity contribution in [2.75, 3.05) is 22.4 Å². The Morgan fingerprint density at radius 3 is 2.45 bits per heavy atom. The van der Waals surface area contributed by atoms with Crippen molar-refractivity contribution in [1.29, 1.82) is 0 Å². The standard InChI is InChI=1S/C18H19F2N3O5S/c1-12-5-7-14(23(25)26)11-17(12)22(29(2,27)28)9-3-4-18(24)21-13-6-8-15(19)16(20)10-13/h5-8,10-11H,3-4,9H2,1-2H3,(H,21,24). The van der Waals surface area contributed by atoms with Gasteiger partial charge in [0.2, 0.25) is 15.9 Å². The van der Waals surface area contributed by atoms with Crippen LogP contribution in [0, 0.1) is 28.7 Å². The van der Waals surface area contributed by atoms with Gasteiger partial charge in [0.1, 0.15) is 0 Å². The van der Waals surface area contributed by atoms with Gasteiger partial charge < -0.3 is 5.32 Å². The number of benzene rings is 2. The van der Waals surface area contributed by atoms with Gasteiger partial charge in [-0.05, 0) is 31.0 Å². The largest absolute Gasteiger partial charge is 0.326 e. The van der Waals surface area contributed by atoms with Gasteiger partial charge in [0.15, 0.2) is 11.6 Å². The molecule has 0 fully saturated rings. The van der Waals surface area contributed by atoms with E-state index in [2.05, 4.69) is 5.32 Å². The van der Waals surface area contributed by atoms with Crippen molar-refractivity contribution < 1.29 is 26.9 Å². The molecule has 0 heterocycles. The Labute approximate surface area is 166 Å². The van der Waals surface area contributed by atoms with Crippen molar-refractivity contribution >= 4 is 33.0 Å². The van der Waals surface area contributed by atoms with Crippen LogP contribution in [0.4, 0.5) is 25.8 Å². The molecule has 1 N–H and O–H groups in total. The molecule has 0 spiro atoms.